The number of hydrogen-bond donors (Lipinski definition) is 0. The number of amides is 1. The van der Waals surface area contributed by atoms with Crippen LogP contribution < -0.4 is 9.04 Å². The van der Waals surface area contributed by atoms with Gasteiger partial charge < -0.3 is 9.64 Å². The van der Waals surface area contributed by atoms with E-state index in [1.165, 1.54) is 28.6 Å². The van der Waals surface area contributed by atoms with Crippen LogP contribution in [0.15, 0.2) is 60.0 Å². The van der Waals surface area contributed by atoms with Crippen LogP contribution in [-0.2, 0) is 10.0 Å². The highest BCUT2D eigenvalue weighted by atomic mass is 35.5. The monoisotopic (exact) mass is 462 g/mol. The highest BCUT2D eigenvalue weighted by Gasteiger charge is 2.27. The van der Waals surface area contributed by atoms with Crippen LogP contribution in [0, 0.1) is 0 Å². The molecule has 1 heterocycles. The van der Waals surface area contributed by atoms with E-state index >= 15 is 0 Å². The minimum absolute atomic E-state index is 0.00717. The van der Waals surface area contributed by atoms with E-state index < -0.39 is 10.0 Å². The number of hydrogen-bond acceptors (Lipinski definition) is 4. The fraction of sp³-hybridized carbons (Fsp3) is 0.348. The van der Waals surface area contributed by atoms with E-state index in [0.29, 0.717) is 24.5 Å². The summed E-state index contributed by atoms with van der Waals surface area (Å²) in [5.41, 5.74) is 0.675. The van der Waals surface area contributed by atoms with Gasteiger partial charge in [0.2, 0.25) is 0 Å². The van der Waals surface area contributed by atoms with Crippen LogP contribution in [0.1, 0.15) is 36.0 Å². The standard InChI is InChI=1S/C23H27ClN2O4S/c1-3-14-26(18-8-10-19(30-2)11-9-18)31(28,29)20-12-13-22(24)21(17-20)23(27)25-15-6-4-5-7-16-25/h3,8-13,17H,1,4-7,14-16H2,2H3. The van der Waals surface area contributed by atoms with Crippen molar-refractivity contribution in [1.82, 2.24) is 4.90 Å². The Morgan fingerprint density at radius 3 is 2.35 bits per heavy atom. The SMILES string of the molecule is C=CCN(c1ccc(OC)cc1)S(=O)(=O)c1ccc(Cl)c(C(=O)N2CCCCCC2)c1. The van der Waals surface area contributed by atoms with Crippen LogP contribution in [0.25, 0.3) is 0 Å². The van der Waals surface area contributed by atoms with Crippen LogP contribution in [0.2, 0.25) is 5.02 Å². The fourth-order valence-electron chi connectivity index (χ4n) is 3.61. The lowest BCUT2D eigenvalue weighted by atomic mass is 10.2. The number of methoxy groups -OCH3 is 1. The van der Waals surface area contributed by atoms with E-state index in [9.17, 15) is 13.2 Å². The second-order valence-electron chi connectivity index (χ2n) is 7.37. The van der Waals surface area contributed by atoms with Crippen LogP contribution in [-0.4, -0.2) is 46.0 Å². The van der Waals surface area contributed by atoms with Crippen LogP contribution >= 0.6 is 11.6 Å². The molecule has 8 heteroatoms. The van der Waals surface area contributed by atoms with Crippen molar-refractivity contribution in [2.45, 2.75) is 30.6 Å². The first-order chi connectivity index (χ1) is 14.9. The van der Waals surface area contributed by atoms with Crippen molar-refractivity contribution in [2.24, 2.45) is 0 Å². The molecule has 0 bridgehead atoms. The maximum absolute atomic E-state index is 13.5. The van der Waals surface area contributed by atoms with Gasteiger partial charge in [0.05, 0.1) is 34.8 Å². The Kier molecular flexibility index (Phi) is 7.62. The molecule has 3 rings (SSSR count). The molecule has 1 aliphatic rings. The third kappa shape index (κ3) is 5.22. The number of nitrogens with zero attached hydrogens (tertiary/aromatic N) is 2. The van der Waals surface area contributed by atoms with Gasteiger partial charge >= 0.3 is 0 Å². The average molecular weight is 463 g/mol. The molecule has 1 amide bonds. The molecule has 0 atom stereocenters. The zero-order valence-corrected chi connectivity index (χ0v) is 19.2. The molecule has 0 N–H and O–H groups in total. The first kappa shape index (κ1) is 23.2. The van der Waals surface area contributed by atoms with Crippen LogP contribution in [0.3, 0.4) is 0 Å². The van der Waals surface area contributed by atoms with E-state index in [4.69, 9.17) is 16.3 Å². The molecule has 0 aliphatic carbocycles. The topological polar surface area (TPSA) is 66.9 Å². The van der Waals surface area contributed by atoms with Gasteiger partial charge in [-0.2, -0.15) is 0 Å². The van der Waals surface area contributed by atoms with Gasteiger partial charge in [0.1, 0.15) is 5.75 Å². The molecule has 2 aromatic carbocycles. The number of carbonyl (C=O) groups excluding carboxylic acids is 1. The molecule has 1 saturated heterocycles. The summed E-state index contributed by atoms with van der Waals surface area (Å²) in [5.74, 6) is 0.389. The Morgan fingerprint density at radius 2 is 1.77 bits per heavy atom. The van der Waals surface area contributed by atoms with E-state index in [-0.39, 0.29) is 27.9 Å². The lowest BCUT2D eigenvalue weighted by Crippen LogP contribution is -2.33. The van der Waals surface area contributed by atoms with Crippen molar-refractivity contribution in [3.63, 3.8) is 0 Å². The summed E-state index contributed by atoms with van der Waals surface area (Å²) < 4.78 is 33.3. The fourth-order valence-corrected chi connectivity index (χ4v) is 5.27. The summed E-state index contributed by atoms with van der Waals surface area (Å²) in [6, 6.07) is 11.0. The van der Waals surface area contributed by atoms with Crippen molar-refractivity contribution < 1.29 is 17.9 Å². The largest absolute Gasteiger partial charge is 0.497 e. The maximum Gasteiger partial charge on any atom is 0.264 e. The Bertz CT molecular complexity index is 1030. The molecule has 6 nitrogen and oxygen atoms in total. The number of carbonyl (C=O) groups is 1. The summed E-state index contributed by atoms with van der Waals surface area (Å²) in [4.78, 5) is 14.9. The van der Waals surface area contributed by atoms with Gasteiger partial charge in [0.25, 0.3) is 15.9 Å². The minimum Gasteiger partial charge on any atom is -0.497 e. The smallest absolute Gasteiger partial charge is 0.264 e. The van der Waals surface area contributed by atoms with Gasteiger partial charge in [-0.15, -0.1) is 6.58 Å². The zero-order chi connectivity index (χ0) is 22.4. The van der Waals surface area contributed by atoms with Crippen molar-refractivity contribution in [2.75, 3.05) is 31.0 Å². The number of likely N-dealkylation sites (tertiary alicyclic amines) is 1. The first-order valence-corrected chi connectivity index (χ1v) is 12.1. The summed E-state index contributed by atoms with van der Waals surface area (Å²) in [6.45, 7) is 5.07. The molecule has 0 unspecified atom stereocenters. The van der Waals surface area contributed by atoms with Crippen molar-refractivity contribution in [3.05, 3.63) is 65.7 Å². The predicted molar refractivity (Wildman–Crippen MR) is 124 cm³/mol. The minimum atomic E-state index is -3.95. The quantitative estimate of drug-likeness (QED) is 0.557. The zero-order valence-electron chi connectivity index (χ0n) is 17.6. The predicted octanol–water partition coefficient (Wildman–Crippen LogP) is 4.75. The second-order valence-corrected chi connectivity index (χ2v) is 9.64. The summed E-state index contributed by atoms with van der Waals surface area (Å²) in [5, 5.41) is 0.243. The number of rotatable bonds is 7. The van der Waals surface area contributed by atoms with E-state index in [1.807, 2.05) is 0 Å². The number of benzene rings is 2. The van der Waals surface area contributed by atoms with Crippen LogP contribution in [0.4, 0.5) is 5.69 Å². The average Bonchev–Trinajstić information content (AvgIpc) is 3.07. The van der Waals surface area contributed by atoms with Crippen LogP contribution in [0.5, 0.6) is 5.75 Å². The first-order valence-electron chi connectivity index (χ1n) is 10.2. The van der Waals surface area contributed by atoms with E-state index in [1.54, 1.807) is 36.3 Å². The maximum atomic E-state index is 13.5. The molecule has 31 heavy (non-hydrogen) atoms. The lowest BCUT2D eigenvalue weighted by molar-refractivity contribution is 0.0761. The second kappa shape index (κ2) is 10.2. The van der Waals surface area contributed by atoms with Crippen molar-refractivity contribution >= 4 is 33.2 Å². The van der Waals surface area contributed by atoms with E-state index in [0.717, 1.165) is 25.7 Å². The van der Waals surface area contributed by atoms with Gasteiger partial charge in [-0.25, -0.2) is 8.42 Å². The van der Waals surface area contributed by atoms with Gasteiger partial charge in [-0.3, -0.25) is 9.10 Å². The molecule has 1 aliphatic heterocycles. The molecule has 0 saturated carbocycles. The molecule has 0 spiro atoms. The third-order valence-electron chi connectivity index (χ3n) is 5.30. The van der Waals surface area contributed by atoms with Gasteiger partial charge in [0, 0.05) is 13.1 Å². The number of ether oxygens (including phenoxy) is 1. The molecule has 0 aromatic heterocycles. The Balaban J connectivity index is 1.97. The highest BCUT2D eigenvalue weighted by Crippen LogP contribution is 2.29. The summed E-state index contributed by atoms with van der Waals surface area (Å²) in [6.07, 6.45) is 5.56. The van der Waals surface area contributed by atoms with Crippen molar-refractivity contribution in [1.29, 1.82) is 0 Å². The molecule has 1 fully saturated rings. The molecular formula is C23H27ClN2O4S. The van der Waals surface area contributed by atoms with Crippen molar-refractivity contribution in [3.8, 4) is 5.75 Å². The summed E-state index contributed by atoms with van der Waals surface area (Å²) >= 11 is 6.31. The Labute approximate surface area is 189 Å². The Morgan fingerprint density at radius 1 is 1.13 bits per heavy atom. The molecule has 2 aromatic rings. The van der Waals surface area contributed by atoms with Gasteiger partial charge in [0.15, 0.2) is 0 Å². The summed E-state index contributed by atoms with van der Waals surface area (Å²) in [7, 11) is -2.41. The molecule has 166 valence electrons. The van der Waals surface area contributed by atoms with Gasteiger partial charge in [-0.1, -0.05) is 30.5 Å². The Hall–Kier alpha value is -2.51. The number of halogens is 1. The third-order valence-corrected chi connectivity index (χ3v) is 7.42. The molecule has 0 radical (unpaired) electrons. The van der Waals surface area contributed by atoms with Gasteiger partial charge in [-0.05, 0) is 55.3 Å². The normalized spacial score (nSPS) is 14.6. The molecular weight excluding hydrogens is 436 g/mol. The lowest BCUT2D eigenvalue weighted by Gasteiger charge is -2.24. The number of anilines is 1. The highest BCUT2D eigenvalue weighted by molar-refractivity contribution is 7.92. The van der Waals surface area contributed by atoms with E-state index in [2.05, 4.69) is 6.58 Å². The number of sulfonamides is 1.